The van der Waals surface area contributed by atoms with Gasteiger partial charge in [-0.15, -0.1) is 0 Å². The van der Waals surface area contributed by atoms with Crippen LogP contribution in [0.5, 0.6) is 0 Å². The Morgan fingerprint density at radius 2 is 2.22 bits per heavy atom. The van der Waals surface area contributed by atoms with Crippen molar-refractivity contribution in [2.75, 3.05) is 33.2 Å². The van der Waals surface area contributed by atoms with Gasteiger partial charge in [-0.1, -0.05) is 13.8 Å². The standard InChI is InChI=1S/C14H28N2O2/c1-11(2)13(14(17)18)9-15-7-6-12-5-4-8-16(3)10-12/h11-13,15H,4-10H2,1-3H3,(H,17,18). The fourth-order valence-corrected chi connectivity index (χ4v) is 2.68. The lowest BCUT2D eigenvalue weighted by molar-refractivity contribution is -0.143. The van der Waals surface area contributed by atoms with E-state index < -0.39 is 5.97 Å². The van der Waals surface area contributed by atoms with Crippen molar-refractivity contribution in [2.24, 2.45) is 17.8 Å². The minimum absolute atomic E-state index is 0.191. The zero-order valence-corrected chi connectivity index (χ0v) is 12.0. The Balaban J connectivity index is 2.15. The molecule has 18 heavy (non-hydrogen) atoms. The van der Waals surface area contributed by atoms with Crippen molar-refractivity contribution in [3.8, 4) is 0 Å². The fourth-order valence-electron chi connectivity index (χ4n) is 2.68. The SMILES string of the molecule is CC(C)C(CNCCC1CCCN(C)C1)C(=O)O. The van der Waals surface area contributed by atoms with E-state index in [1.54, 1.807) is 0 Å². The number of rotatable bonds is 7. The van der Waals surface area contributed by atoms with Crippen molar-refractivity contribution < 1.29 is 9.90 Å². The minimum Gasteiger partial charge on any atom is -0.481 e. The lowest BCUT2D eigenvalue weighted by Crippen LogP contribution is -2.36. The fraction of sp³-hybridized carbons (Fsp3) is 0.929. The van der Waals surface area contributed by atoms with Crippen LogP contribution in [0.25, 0.3) is 0 Å². The molecule has 1 aliphatic heterocycles. The van der Waals surface area contributed by atoms with E-state index >= 15 is 0 Å². The summed E-state index contributed by atoms with van der Waals surface area (Å²) in [6.07, 6.45) is 3.78. The zero-order valence-electron chi connectivity index (χ0n) is 12.0. The number of aliphatic carboxylic acids is 1. The van der Waals surface area contributed by atoms with Gasteiger partial charge in [-0.2, -0.15) is 0 Å². The molecule has 1 rings (SSSR count). The number of nitrogens with one attached hydrogen (secondary N) is 1. The zero-order chi connectivity index (χ0) is 13.5. The lowest BCUT2D eigenvalue weighted by Gasteiger charge is -2.29. The molecule has 0 spiro atoms. The van der Waals surface area contributed by atoms with Crippen LogP contribution in [-0.2, 0) is 4.79 Å². The second kappa shape index (κ2) is 7.74. The molecule has 1 heterocycles. The van der Waals surface area contributed by atoms with Gasteiger partial charge in [-0.3, -0.25) is 4.79 Å². The summed E-state index contributed by atoms with van der Waals surface area (Å²) in [6.45, 7) is 7.88. The van der Waals surface area contributed by atoms with Crippen LogP contribution >= 0.6 is 0 Å². The normalized spacial score (nSPS) is 23.2. The predicted octanol–water partition coefficient (Wildman–Crippen LogP) is 1.66. The quantitative estimate of drug-likeness (QED) is 0.680. The average Bonchev–Trinajstić information content (AvgIpc) is 2.27. The van der Waals surface area contributed by atoms with E-state index in [4.69, 9.17) is 5.11 Å². The largest absolute Gasteiger partial charge is 0.481 e. The molecule has 1 fully saturated rings. The lowest BCUT2D eigenvalue weighted by atomic mass is 9.94. The Morgan fingerprint density at radius 1 is 1.50 bits per heavy atom. The monoisotopic (exact) mass is 256 g/mol. The number of piperidine rings is 1. The van der Waals surface area contributed by atoms with Gasteiger partial charge < -0.3 is 15.3 Å². The van der Waals surface area contributed by atoms with Crippen molar-refractivity contribution in [3.05, 3.63) is 0 Å². The van der Waals surface area contributed by atoms with Gasteiger partial charge in [0.1, 0.15) is 0 Å². The molecule has 106 valence electrons. The smallest absolute Gasteiger partial charge is 0.308 e. The van der Waals surface area contributed by atoms with Gasteiger partial charge in [0.2, 0.25) is 0 Å². The number of carboxylic acid groups (broad SMARTS) is 1. The van der Waals surface area contributed by atoms with E-state index in [-0.39, 0.29) is 11.8 Å². The summed E-state index contributed by atoms with van der Waals surface area (Å²) in [5.41, 5.74) is 0. The highest BCUT2D eigenvalue weighted by molar-refractivity contribution is 5.70. The molecule has 1 saturated heterocycles. The van der Waals surface area contributed by atoms with Crippen LogP contribution in [0.15, 0.2) is 0 Å². The summed E-state index contributed by atoms with van der Waals surface area (Å²) in [5.74, 6) is 0.0170. The molecular formula is C14H28N2O2. The van der Waals surface area contributed by atoms with E-state index in [9.17, 15) is 4.79 Å². The van der Waals surface area contributed by atoms with Crippen molar-refractivity contribution in [3.63, 3.8) is 0 Å². The molecule has 1 aliphatic rings. The summed E-state index contributed by atoms with van der Waals surface area (Å²) in [7, 11) is 2.18. The molecule has 0 bridgehead atoms. The molecule has 0 amide bonds. The molecule has 4 nitrogen and oxygen atoms in total. The first kappa shape index (κ1) is 15.4. The van der Waals surface area contributed by atoms with Gasteiger partial charge in [0, 0.05) is 13.1 Å². The first-order valence-corrected chi connectivity index (χ1v) is 7.12. The molecular weight excluding hydrogens is 228 g/mol. The van der Waals surface area contributed by atoms with E-state index in [1.165, 1.54) is 25.9 Å². The van der Waals surface area contributed by atoms with E-state index in [0.29, 0.717) is 6.54 Å². The number of hydrogen-bond donors (Lipinski definition) is 2. The van der Waals surface area contributed by atoms with Crippen molar-refractivity contribution in [1.82, 2.24) is 10.2 Å². The maximum absolute atomic E-state index is 11.0. The van der Waals surface area contributed by atoms with Gasteiger partial charge in [0.25, 0.3) is 0 Å². The van der Waals surface area contributed by atoms with Gasteiger partial charge >= 0.3 is 5.97 Å². The molecule has 0 aromatic carbocycles. The highest BCUT2D eigenvalue weighted by atomic mass is 16.4. The summed E-state index contributed by atoms with van der Waals surface area (Å²) in [6, 6.07) is 0. The summed E-state index contributed by atoms with van der Waals surface area (Å²) < 4.78 is 0. The molecule has 2 unspecified atom stereocenters. The predicted molar refractivity (Wildman–Crippen MR) is 73.7 cm³/mol. The molecule has 2 N–H and O–H groups in total. The van der Waals surface area contributed by atoms with Crippen LogP contribution in [-0.4, -0.2) is 49.2 Å². The molecule has 2 atom stereocenters. The van der Waals surface area contributed by atoms with Crippen LogP contribution in [0.3, 0.4) is 0 Å². The third kappa shape index (κ3) is 5.36. The number of carbonyl (C=O) groups is 1. The number of carboxylic acids is 1. The Kier molecular flexibility index (Phi) is 6.65. The van der Waals surface area contributed by atoms with Gasteiger partial charge in [-0.25, -0.2) is 0 Å². The summed E-state index contributed by atoms with van der Waals surface area (Å²) in [5, 5.41) is 12.4. The molecule has 0 aromatic heterocycles. The highest BCUT2D eigenvalue weighted by Crippen LogP contribution is 2.17. The molecule has 0 saturated carbocycles. The highest BCUT2D eigenvalue weighted by Gasteiger charge is 2.21. The van der Waals surface area contributed by atoms with Gasteiger partial charge in [-0.05, 0) is 51.2 Å². The first-order valence-electron chi connectivity index (χ1n) is 7.12. The third-order valence-corrected chi connectivity index (χ3v) is 3.94. The van der Waals surface area contributed by atoms with Gasteiger partial charge in [0.05, 0.1) is 5.92 Å². The second-order valence-electron chi connectivity index (χ2n) is 5.95. The van der Waals surface area contributed by atoms with E-state index in [2.05, 4.69) is 17.3 Å². The van der Waals surface area contributed by atoms with E-state index in [0.717, 1.165) is 18.9 Å². The van der Waals surface area contributed by atoms with Crippen molar-refractivity contribution in [1.29, 1.82) is 0 Å². The topological polar surface area (TPSA) is 52.6 Å². The molecule has 0 aliphatic carbocycles. The van der Waals surface area contributed by atoms with Crippen LogP contribution in [0.4, 0.5) is 0 Å². The molecule has 4 heteroatoms. The minimum atomic E-state index is -0.685. The molecule has 0 radical (unpaired) electrons. The number of likely N-dealkylation sites (tertiary alicyclic amines) is 1. The maximum atomic E-state index is 11.0. The van der Waals surface area contributed by atoms with Crippen LogP contribution in [0, 0.1) is 17.8 Å². The van der Waals surface area contributed by atoms with Crippen LogP contribution in [0.2, 0.25) is 0 Å². The Bertz CT molecular complexity index is 256. The Labute approximate surface area is 111 Å². The second-order valence-corrected chi connectivity index (χ2v) is 5.95. The van der Waals surface area contributed by atoms with Gasteiger partial charge in [0.15, 0.2) is 0 Å². The Hall–Kier alpha value is -0.610. The van der Waals surface area contributed by atoms with Crippen LogP contribution in [0.1, 0.15) is 33.1 Å². The summed E-state index contributed by atoms with van der Waals surface area (Å²) in [4.78, 5) is 13.4. The van der Waals surface area contributed by atoms with Crippen molar-refractivity contribution in [2.45, 2.75) is 33.1 Å². The Morgan fingerprint density at radius 3 is 2.78 bits per heavy atom. The van der Waals surface area contributed by atoms with Crippen molar-refractivity contribution >= 4 is 5.97 Å². The summed E-state index contributed by atoms with van der Waals surface area (Å²) >= 11 is 0. The first-order chi connectivity index (χ1) is 8.50. The molecule has 0 aromatic rings. The average molecular weight is 256 g/mol. The number of nitrogens with zero attached hydrogens (tertiary/aromatic N) is 1. The third-order valence-electron chi connectivity index (χ3n) is 3.94. The van der Waals surface area contributed by atoms with Crippen LogP contribution < -0.4 is 5.32 Å². The van der Waals surface area contributed by atoms with E-state index in [1.807, 2.05) is 13.8 Å². The number of hydrogen-bond acceptors (Lipinski definition) is 3. The maximum Gasteiger partial charge on any atom is 0.308 e.